The smallest absolute Gasteiger partial charge is 0.270 e. The summed E-state index contributed by atoms with van der Waals surface area (Å²) in [6.07, 6.45) is 3.36. The van der Waals surface area contributed by atoms with Crippen molar-refractivity contribution in [1.82, 2.24) is 10.3 Å². The molecule has 31 heavy (non-hydrogen) atoms. The lowest BCUT2D eigenvalue weighted by atomic mass is 9.79. The molecular formula is C25H23N3O3. The molecule has 6 nitrogen and oxygen atoms in total. The molecule has 156 valence electrons. The summed E-state index contributed by atoms with van der Waals surface area (Å²) in [6.45, 7) is -0.161. The van der Waals surface area contributed by atoms with E-state index in [-0.39, 0.29) is 18.4 Å². The molecule has 2 amide bonds. The summed E-state index contributed by atoms with van der Waals surface area (Å²) in [4.78, 5) is 30.0. The highest BCUT2D eigenvalue weighted by Gasteiger charge is 2.50. The second-order valence-corrected chi connectivity index (χ2v) is 8.32. The molecular weight excluding hydrogens is 390 g/mol. The highest BCUT2D eigenvalue weighted by molar-refractivity contribution is 6.07. The average Bonchev–Trinajstić information content (AvgIpc) is 3.31. The van der Waals surface area contributed by atoms with Gasteiger partial charge in [0.2, 0.25) is 5.91 Å². The first kappa shape index (κ1) is 19.5. The first-order valence-electron chi connectivity index (χ1n) is 10.4. The number of anilines is 1. The van der Waals surface area contributed by atoms with Crippen molar-refractivity contribution < 1.29 is 14.7 Å². The van der Waals surface area contributed by atoms with E-state index in [0.717, 1.165) is 27.9 Å². The Hall–Kier alpha value is -3.51. The van der Waals surface area contributed by atoms with Gasteiger partial charge in [0.1, 0.15) is 5.69 Å². The van der Waals surface area contributed by atoms with Crippen molar-refractivity contribution in [3.8, 4) is 0 Å². The Bertz CT molecular complexity index is 1160. The summed E-state index contributed by atoms with van der Waals surface area (Å²) in [6, 6.07) is 18.9. The van der Waals surface area contributed by atoms with Gasteiger partial charge in [-0.2, -0.15) is 0 Å². The largest absolute Gasteiger partial charge is 0.394 e. The van der Waals surface area contributed by atoms with Crippen LogP contribution in [0.25, 0.3) is 0 Å². The van der Waals surface area contributed by atoms with Crippen LogP contribution in [0.1, 0.15) is 32.7 Å². The van der Waals surface area contributed by atoms with Crippen LogP contribution in [0.3, 0.4) is 0 Å². The van der Waals surface area contributed by atoms with Crippen molar-refractivity contribution >= 4 is 17.5 Å². The predicted molar refractivity (Wildman–Crippen MR) is 117 cm³/mol. The molecule has 0 saturated heterocycles. The van der Waals surface area contributed by atoms with E-state index in [1.54, 1.807) is 12.3 Å². The number of hydrogen-bond donors (Lipinski definition) is 3. The maximum atomic E-state index is 12.9. The molecule has 5 rings (SSSR count). The standard InChI is InChI=1S/C25H23N3O3/c29-15-19(10-16-6-2-1-3-7-16)27-23(30)22-11-17-12-25(13-18(17)14-26-22)20-8-4-5-9-21(20)28-24(25)31/h1-9,11,14,19,29H,10,12-13,15H2,(H,27,30)(H,28,31)/t19-,25?/m1/s1. The molecule has 2 aliphatic rings. The third-order valence-electron chi connectivity index (χ3n) is 6.31. The lowest BCUT2D eigenvalue weighted by Crippen LogP contribution is -2.39. The molecule has 3 aromatic rings. The second-order valence-electron chi connectivity index (χ2n) is 8.32. The molecule has 2 atom stereocenters. The highest BCUT2D eigenvalue weighted by Crippen LogP contribution is 2.47. The third-order valence-corrected chi connectivity index (χ3v) is 6.31. The molecule has 1 aliphatic heterocycles. The quantitative estimate of drug-likeness (QED) is 0.599. The average molecular weight is 413 g/mol. The number of carbonyl (C=O) groups excluding carboxylic acids is 2. The van der Waals surface area contributed by atoms with Crippen molar-refractivity contribution in [3.63, 3.8) is 0 Å². The Morgan fingerprint density at radius 1 is 1.10 bits per heavy atom. The van der Waals surface area contributed by atoms with Crippen LogP contribution in [0.2, 0.25) is 0 Å². The lowest BCUT2D eigenvalue weighted by Gasteiger charge is -2.20. The number of aromatic nitrogens is 1. The normalized spacial score (nSPS) is 19.6. The monoisotopic (exact) mass is 413 g/mol. The van der Waals surface area contributed by atoms with Crippen molar-refractivity contribution in [2.24, 2.45) is 0 Å². The first-order chi connectivity index (χ1) is 15.1. The molecule has 3 N–H and O–H groups in total. The third kappa shape index (κ3) is 3.39. The van der Waals surface area contributed by atoms with Crippen molar-refractivity contribution in [3.05, 3.63) is 94.8 Å². The van der Waals surface area contributed by atoms with Gasteiger partial charge >= 0.3 is 0 Å². The van der Waals surface area contributed by atoms with Gasteiger partial charge in [0.25, 0.3) is 5.91 Å². The van der Waals surface area contributed by atoms with Crippen LogP contribution in [0, 0.1) is 0 Å². The van der Waals surface area contributed by atoms with E-state index in [1.807, 2.05) is 54.6 Å². The molecule has 0 saturated carbocycles. The van der Waals surface area contributed by atoms with Gasteiger partial charge in [0.15, 0.2) is 0 Å². The van der Waals surface area contributed by atoms with Crippen molar-refractivity contribution in [1.29, 1.82) is 0 Å². The number of hydrogen-bond acceptors (Lipinski definition) is 4. The summed E-state index contributed by atoms with van der Waals surface area (Å²) in [5.74, 6) is -0.325. The fraction of sp³-hybridized carbons (Fsp3) is 0.240. The van der Waals surface area contributed by atoms with Crippen LogP contribution in [0.15, 0.2) is 66.9 Å². The van der Waals surface area contributed by atoms with E-state index in [0.29, 0.717) is 25.0 Å². The highest BCUT2D eigenvalue weighted by atomic mass is 16.3. The molecule has 1 aliphatic carbocycles. The van der Waals surface area contributed by atoms with Crippen LogP contribution in [-0.4, -0.2) is 34.6 Å². The Morgan fingerprint density at radius 3 is 2.65 bits per heavy atom. The minimum absolute atomic E-state index is 0.000827. The van der Waals surface area contributed by atoms with Crippen LogP contribution in [0.5, 0.6) is 0 Å². The maximum Gasteiger partial charge on any atom is 0.270 e. The molecule has 1 aromatic heterocycles. The number of rotatable bonds is 5. The fourth-order valence-electron chi connectivity index (χ4n) is 4.73. The van der Waals surface area contributed by atoms with Gasteiger partial charge in [-0.25, -0.2) is 0 Å². The van der Waals surface area contributed by atoms with Gasteiger partial charge in [-0.3, -0.25) is 14.6 Å². The zero-order chi connectivity index (χ0) is 21.4. The SMILES string of the molecule is O=C(N[C@@H](CO)Cc1ccccc1)c1cc2c(cn1)CC1(C2)C(=O)Nc2ccccc21. The Morgan fingerprint density at radius 2 is 1.84 bits per heavy atom. The lowest BCUT2D eigenvalue weighted by molar-refractivity contribution is -0.120. The Balaban J connectivity index is 1.35. The number of pyridine rings is 1. The summed E-state index contributed by atoms with van der Waals surface area (Å²) < 4.78 is 0. The van der Waals surface area contributed by atoms with E-state index in [1.165, 1.54) is 0 Å². The number of nitrogens with one attached hydrogen (secondary N) is 2. The molecule has 2 aromatic carbocycles. The van der Waals surface area contributed by atoms with Crippen LogP contribution in [-0.2, 0) is 29.5 Å². The number of carbonyl (C=O) groups is 2. The number of nitrogens with zero attached hydrogens (tertiary/aromatic N) is 1. The number of benzene rings is 2. The maximum absolute atomic E-state index is 12.9. The summed E-state index contributed by atoms with van der Waals surface area (Å²) in [5.41, 5.74) is 4.53. The van der Waals surface area contributed by atoms with E-state index < -0.39 is 11.5 Å². The summed E-state index contributed by atoms with van der Waals surface area (Å²) in [5, 5.41) is 15.6. The Kier molecular flexibility index (Phi) is 4.79. The van der Waals surface area contributed by atoms with Gasteiger partial charge in [0.05, 0.1) is 18.1 Å². The molecule has 0 fully saturated rings. The van der Waals surface area contributed by atoms with Crippen molar-refractivity contribution in [2.45, 2.75) is 30.7 Å². The van der Waals surface area contributed by atoms with Crippen LogP contribution < -0.4 is 10.6 Å². The molecule has 1 spiro atoms. The summed E-state index contributed by atoms with van der Waals surface area (Å²) >= 11 is 0. The summed E-state index contributed by atoms with van der Waals surface area (Å²) in [7, 11) is 0. The molecule has 0 bridgehead atoms. The molecule has 6 heteroatoms. The zero-order valence-corrected chi connectivity index (χ0v) is 17.0. The molecule has 0 radical (unpaired) electrons. The number of aliphatic hydroxyl groups excluding tert-OH is 1. The van der Waals surface area contributed by atoms with Gasteiger partial charge in [0, 0.05) is 11.9 Å². The van der Waals surface area contributed by atoms with E-state index in [9.17, 15) is 14.7 Å². The predicted octanol–water partition coefficient (Wildman–Crippen LogP) is 2.40. The zero-order valence-electron chi connectivity index (χ0n) is 17.0. The number of amides is 2. The van der Waals surface area contributed by atoms with Crippen LogP contribution in [0.4, 0.5) is 5.69 Å². The number of para-hydroxylation sites is 1. The van der Waals surface area contributed by atoms with Crippen molar-refractivity contribution in [2.75, 3.05) is 11.9 Å². The second kappa shape index (κ2) is 7.63. The van der Waals surface area contributed by atoms with Gasteiger partial charge in [-0.1, -0.05) is 48.5 Å². The van der Waals surface area contributed by atoms with Gasteiger partial charge < -0.3 is 15.7 Å². The van der Waals surface area contributed by atoms with E-state index in [4.69, 9.17) is 0 Å². The van der Waals surface area contributed by atoms with E-state index >= 15 is 0 Å². The van der Waals surface area contributed by atoms with Crippen LogP contribution >= 0.6 is 0 Å². The van der Waals surface area contributed by atoms with Gasteiger partial charge in [-0.05, 0) is 53.6 Å². The van der Waals surface area contributed by atoms with E-state index in [2.05, 4.69) is 15.6 Å². The molecule has 1 unspecified atom stereocenters. The topological polar surface area (TPSA) is 91.3 Å². The first-order valence-corrected chi connectivity index (χ1v) is 10.4. The fourth-order valence-corrected chi connectivity index (χ4v) is 4.73. The van der Waals surface area contributed by atoms with Gasteiger partial charge in [-0.15, -0.1) is 0 Å². The Labute approximate surface area is 180 Å². The molecule has 2 heterocycles. The minimum atomic E-state index is -0.628. The number of fused-ring (bicyclic) bond motifs is 3. The number of aliphatic hydroxyl groups is 1. The minimum Gasteiger partial charge on any atom is -0.394 e.